The summed E-state index contributed by atoms with van der Waals surface area (Å²) < 4.78 is 0. The van der Waals surface area contributed by atoms with Gasteiger partial charge in [0.15, 0.2) is 0 Å². The van der Waals surface area contributed by atoms with E-state index in [0.29, 0.717) is 17.8 Å². The first kappa shape index (κ1) is 15.5. The second kappa shape index (κ2) is 6.82. The number of aliphatic carboxylic acids is 1. The van der Waals surface area contributed by atoms with Crippen LogP contribution in [0.25, 0.3) is 0 Å². The molecular weight excluding hydrogens is 274 g/mol. The van der Waals surface area contributed by atoms with Gasteiger partial charge in [0.2, 0.25) is 0 Å². The SMILES string of the molecule is CC1CN(C(C(=O)O)C2CCCCC2)CC1c1ccccc1. The van der Waals surface area contributed by atoms with Crippen molar-refractivity contribution in [3.8, 4) is 0 Å². The lowest BCUT2D eigenvalue weighted by Crippen LogP contribution is -2.45. The van der Waals surface area contributed by atoms with Crippen LogP contribution in [0.2, 0.25) is 0 Å². The maximum atomic E-state index is 11.9. The van der Waals surface area contributed by atoms with Crippen molar-refractivity contribution in [1.82, 2.24) is 4.90 Å². The second-order valence-electron chi connectivity index (χ2n) is 7.13. The molecular formula is C19H27NO2. The minimum absolute atomic E-state index is 0.281. The Hall–Kier alpha value is -1.35. The number of hydrogen-bond donors (Lipinski definition) is 1. The number of rotatable bonds is 4. The molecule has 0 bridgehead atoms. The summed E-state index contributed by atoms with van der Waals surface area (Å²) in [6, 6.07) is 10.3. The molecule has 1 heterocycles. The molecule has 3 rings (SSSR count). The molecule has 1 aromatic carbocycles. The molecule has 3 nitrogen and oxygen atoms in total. The van der Waals surface area contributed by atoms with Crippen molar-refractivity contribution < 1.29 is 9.90 Å². The van der Waals surface area contributed by atoms with Crippen molar-refractivity contribution in [2.45, 2.75) is 51.0 Å². The van der Waals surface area contributed by atoms with E-state index in [1.165, 1.54) is 24.8 Å². The fourth-order valence-electron chi connectivity index (χ4n) is 4.47. The van der Waals surface area contributed by atoms with Crippen molar-refractivity contribution in [1.29, 1.82) is 0 Å². The van der Waals surface area contributed by atoms with Crippen LogP contribution in [-0.4, -0.2) is 35.1 Å². The summed E-state index contributed by atoms with van der Waals surface area (Å²) in [7, 11) is 0. The van der Waals surface area contributed by atoms with E-state index in [1.54, 1.807) is 0 Å². The fourth-order valence-corrected chi connectivity index (χ4v) is 4.47. The molecule has 0 radical (unpaired) electrons. The minimum Gasteiger partial charge on any atom is -0.480 e. The predicted octanol–water partition coefficient (Wildman–Crippen LogP) is 3.76. The van der Waals surface area contributed by atoms with Gasteiger partial charge >= 0.3 is 5.97 Å². The minimum atomic E-state index is -0.618. The normalized spacial score (nSPS) is 28.6. The zero-order valence-electron chi connectivity index (χ0n) is 13.4. The van der Waals surface area contributed by atoms with Gasteiger partial charge in [0, 0.05) is 19.0 Å². The van der Waals surface area contributed by atoms with Crippen molar-refractivity contribution in [3.63, 3.8) is 0 Å². The Labute approximate surface area is 133 Å². The van der Waals surface area contributed by atoms with Crippen LogP contribution in [0.15, 0.2) is 30.3 Å². The van der Waals surface area contributed by atoms with Gasteiger partial charge in [-0.3, -0.25) is 9.69 Å². The lowest BCUT2D eigenvalue weighted by atomic mass is 9.83. The lowest BCUT2D eigenvalue weighted by molar-refractivity contribution is -0.145. The number of carboxylic acids is 1. The van der Waals surface area contributed by atoms with Gasteiger partial charge in [-0.15, -0.1) is 0 Å². The Morgan fingerprint density at radius 1 is 1.14 bits per heavy atom. The van der Waals surface area contributed by atoms with Gasteiger partial charge in [-0.25, -0.2) is 0 Å². The summed E-state index contributed by atoms with van der Waals surface area (Å²) in [4.78, 5) is 14.1. The highest BCUT2D eigenvalue weighted by atomic mass is 16.4. The molecule has 2 aliphatic rings. The van der Waals surface area contributed by atoms with E-state index in [-0.39, 0.29) is 6.04 Å². The number of carbonyl (C=O) groups is 1. The van der Waals surface area contributed by atoms with E-state index in [4.69, 9.17) is 0 Å². The van der Waals surface area contributed by atoms with Crippen LogP contribution in [0, 0.1) is 11.8 Å². The molecule has 1 N–H and O–H groups in total. The molecule has 1 aromatic rings. The molecule has 0 amide bonds. The molecule has 1 aliphatic carbocycles. The van der Waals surface area contributed by atoms with Gasteiger partial charge in [0.25, 0.3) is 0 Å². The van der Waals surface area contributed by atoms with Crippen molar-refractivity contribution in [3.05, 3.63) is 35.9 Å². The molecule has 0 spiro atoms. The quantitative estimate of drug-likeness (QED) is 0.920. The van der Waals surface area contributed by atoms with Crippen molar-refractivity contribution in [2.75, 3.05) is 13.1 Å². The van der Waals surface area contributed by atoms with E-state index in [9.17, 15) is 9.90 Å². The molecule has 3 unspecified atom stereocenters. The Balaban J connectivity index is 1.74. The Morgan fingerprint density at radius 2 is 1.82 bits per heavy atom. The highest BCUT2D eigenvalue weighted by molar-refractivity contribution is 5.74. The first-order valence-electron chi connectivity index (χ1n) is 8.68. The molecule has 2 fully saturated rings. The van der Waals surface area contributed by atoms with E-state index < -0.39 is 5.97 Å². The first-order chi connectivity index (χ1) is 10.7. The smallest absolute Gasteiger partial charge is 0.321 e. The van der Waals surface area contributed by atoms with Gasteiger partial charge in [0.1, 0.15) is 6.04 Å². The second-order valence-corrected chi connectivity index (χ2v) is 7.13. The van der Waals surface area contributed by atoms with Crippen molar-refractivity contribution >= 4 is 5.97 Å². The van der Waals surface area contributed by atoms with Gasteiger partial charge in [-0.05, 0) is 30.2 Å². The van der Waals surface area contributed by atoms with Crippen LogP contribution >= 0.6 is 0 Å². The molecule has 1 aliphatic heterocycles. The van der Waals surface area contributed by atoms with Gasteiger partial charge in [0.05, 0.1) is 0 Å². The summed E-state index contributed by atoms with van der Waals surface area (Å²) in [6.45, 7) is 4.06. The molecule has 1 saturated carbocycles. The molecule has 0 aromatic heterocycles. The Bertz CT molecular complexity index is 495. The molecule has 3 heteroatoms. The average molecular weight is 301 g/mol. The molecule has 1 saturated heterocycles. The fraction of sp³-hybridized carbons (Fsp3) is 0.632. The van der Waals surface area contributed by atoms with Crippen LogP contribution in [0.4, 0.5) is 0 Å². The van der Waals surface area contributed by atoms with Gasteiger partial charge in [-0.2, -0.15) is 0 Å². The van der Waals surface area contributed by atoms with Crippen LogP contribution < -0.4 is 0 Å². The van der Waals surface area contributed by atoms with E-state index in [2.05, 4.69) is 36.1 Å². The maximum Gasteiger partial charge on any atom is 0.321 e. The maximum absolute atomic E-state index is 11.9. The summed E-state index contributed by atoms with van der Waals surface area (Å²) in [6.07, 6.45) is 5.82. The largest absolute Gasteiger partial charge is 0.480 e. The zero-order chi connectivity index (χ0) is 15.5. The lowest BCUT2D eigenvalue weighted by Gasteiger charge is -2.33. The number of likely N-dealkylation sites (tertiary alicyclic amines) is 1. The molecule has 120 valence electrons. The summed E-state index contributed by atoms with van der Waals surface area (Å²) in [5.41, 5.74) is 1.35. The average Bonchev–Trinajstić information content (AvgIpc) is 2.90. The summed E-state index contributed by atoms with van der Waals surface area (Å²) >= 11 is 0. The number of benzene rings is 1. The summed E-state index contributed by atoms with van der Waals surface area (Å²) in [5, 5.41) is 9.79. The highest BCUT2D eigenvalue weighted by Crippen LogP contribution is 2.37. The van der Waals surface area contributed by atoms with Gasteiger partial charge < -0.3 is 5.11 Å². The van der Waals surface area contributed by atoms with Crippen LogP contribution in [0.1, 0.15) is 50.5 Å². The third-order valence-electron chi connectivity index (χ3n) is 5.61. The first-order valence-corrected chi connectivity index (χ1v) is 8.68. The number of hydrogen-bond acceptors (Lipinski definition) is 2. The van der Waals surface area contributed by atoms with Crippen LogP contribution in [0.5, 0.6) is 0 Å². The third kappa shape index (κ3) is 3.19. The Morgan fingerprint density at radius 3 is 2.45 bits per heavy atom. The summed E-state index contributed by atoms with van der Waals surface area (Å²) in [5.74, 6) is 0.709. The highest BCUT2D eigenvalue weighted by Gasteiger charge is 2.41. The van der Waals surface area contributed by atoms with Crippen LogP contribution in [0.3, 0.4) is 0 Å². The monoisotopic (exact) mass is 301 g/mol. The van der Waals surface area contributed by atoms with Crippen molar-refractivity contribution in [2.24, 2.45) is 11.8 Å². The number of nitrogens with zero attached hydrogens (tertiary/aromatic N) is 1. The third-order valence-corrected chi connectivity index (χ3v) is 5.61. The Kier molecular flexibility index (Phi) is 4.82. The van der Waals surface area contributed by atoms with E-state index >= 15 is 0 Å². The van der Waals surface area contributed by atoms with Crippen LogP contribution in [-0.2, 0) is 4.79 Å². The van der Waals surface area contributed by atoms with E-state index in [1.807, 2.05) is 6.07 Å². The van der Waals surface area contributed by atoms with Gasteiger partial charge in [-0.1, -0.05) is 56.5 Å². The topological polar surface area (TPSA) is 40.5 Å². The number of carboxylic acid groups (broad SMARTS) is 1. The zero-order valence-corrected chi connectivity index (χ0v) is 13.4. The predicted molar refractivity (Wildman–Crippen MR) is 87.9 cm³/mol. The molecule has 3 atom stereocenters. The standard InChI is InChI=1S/C19H27NO2/c1-14-12-20(13-17(14)15-8-4-2-5-9-15)18(19(21)22)16-10-6-3-7-11-16/h2,4-5,8-9,14,16-18H,3,6-7,10-13H2,1H3,(H,21,22). The molecule has 22 heavy (non-hydrogen) atoms. The van der Waals surface area contributed by atoms with E-state index in [0.717, 1.165) is 25.9 Å².